The van der Waals surface area contributed by atoms with E-state index in [9.17, 15) is 13.2 Å². The molecule has 0 aliphatic heterocycles. The van der Waals surface area contributed by atoms with Crippen LogP contribution in [0.4, 0.5) is 0 Å². The number of sulfonamides is 1. The van der Waals surface area contributed by atoms with Gasteiger partial charge in [0.25, 0.3) is 10.0 Å². The molecule has 0 spiro atoms. The molecule has 2 aromatic rings. The van der Waals surface area contributed by atoms with Gasteiger partial charge in [-0.1, -0.05) is 0 Å². The van der Waals surface area contributed by atoms with Gasteiger partial charge in [0.15, 0.2) is 0 Å². The van der Waals surface area contributed by atoms with Gasteiger partial charge in [-0.25, -0.2) is 13.2 Å². The molecule has 0 atom stereocenters. The predicted molar refractivity (Wildman–Crippen MR) is 73.4 cm³/mol. The Hall–Kier alpha value is -1.64. The topological polar surface area (TPSA) is 87.8 Å². The van der Waals surface area contributed by atoms with Crippen LogP contribution in [0.5, 0.6) is 0 Å². The number of carbonyl (C=O) groups is 1. The van der Waals surface area contributed by atoms with Crippen LogP contribution in [0.3, 0.4) is 0 Å². The molecule has 2 heterocycles. The number of carboxylic acids is 1. The van der Waals surface area contributed by atoms with E-state index >= 15 is 0 Å². The lowest BCUT2D eigenvalue weighted by molar-refractivity contribution is 0.0701. The average molecular weight is 315 g/mol. The van der Waals surface area contributed by atoms with E-state index in [1.54, 1.807) is 13.0 Å². The summed E-state index contributed by atoms with van der Waals surface area (Å²) < 4.78 is 30.8. The van der Waals surface area contributed by atoms with Gasteiger partial charge in [0.1, 0.15) is 9.09 Å². The molecule has 0 amide bonds. The molecule has 0 unspecified atom stereocenters. The summed E-state index contributed by atoms with van der Waals surface area (Å²) in [7, 11) is -2.26. The number of nitrogens with zero attached hydrogens (tertiary/aromatic N) is 1. The Labute approximate surface area is 120 Å². The van der Waals surface area contributed by atoms with E-state index < -0.39 is 16.0 Å². The molecule has 0 fully saturated rings. The summed E-state index contributed by atoms with van der Waals surface area (Å²) in [6.45, 7) is 1.74. The van der Waals surface area contributed by atoms with Crippen molar-refractivity contribution in [3.8, 4) is 0 Å². The lowest BCUT2D eigenvalue weighted by atomic mass is 10.3. The number of rotatable bonds is 5. The second-order valence-electron chi connectivity index (χ2n) is 4.28. The van der Waals surface area contributed by atoms with Crippen LogP contribution in [0.2, 0.25) is 0 Å². The zero-order valence-electron chi connectivity index (χ0n) is 10.9. The molecule has 0 saturated carbocycles. The molecule has 108 valence electrons. The lowest BCUT2D eigenvalue weighted by Gasteiger charge is -2.14. The van der Waals surface area contributed by atoms with Crippen molar-refractivity contribution in [2.45, 2.75) is 17.7 Å². The van der Waals surface area contributed by atoms with Gasteiger partial charge in [-0.2, -0.15) is 4.31 Å². The van der Waals surface area contributed by atoms with E-state index in [4.69, 9.17) is 9.52 Å². The molecule has 0 aromatic carbocycles. The first-order valence-electron chi connectivity index (χ1n) is 5.63. The van der Waals surface area contributed by atoms with Crippen LogP contribution in [0, 0.1) is 6.92 Å². The quantitative estimate of drug-likeness (QED) is 0.913. The smallest absolute Gasteiger partial charge is 0.346 e. The van der Waals surface area contributed by atoms with Crippen LogP contribution in [0.15, 0.2) is 33.3 Å². The van der Waals surface area contributed by atoms with E-state index in [0.717, 1.165) is 21.2 Å². The van der Waals surface area contributed by atoms with Crippen LogP contribution >= 0.6 is 11.3 Å². The van der Waals surface area contributed by atoms with Gasteiger partial charge in [0.05, 0.1) is 12.5 Å². The summed E-state index contributed by atoms with van der Waals surface area (Å²) in [5.74, 6) is -1.12. The second-order valence-corrected chi connectivity index (χ2v) is 7.60. The van der Waals surface area contributed by atoms with Crippen molar-refractivity contribution in [2.75, 3.05) is 7.05 Å². The highest BCUT2D eigenvalue weighted by atomic mass is 32.2. The maximum Gasteiger partial charge on any atom is 0.346 e. The summed E-state index contributed by atoms with van der Waals surface area (Å²) in [6.07, 6.45) is 2.93. The Kier molecular flexibility index (Phi) is 3.98. The molecular formula is C12H13NO5S2. The monoisotopic (exact) mass is 315 g/mol. The highest BCUT2D eigenvalue weighted by Gasteiger charge is 2.26. The van der Waals surface area contributed by atoms with Gasteiger partial charge >= 0.3 is 5.97 Å². The number of furan rings is 1. The molecule has 20 heavy (non-hydrogen) atoms. The van der Waals surface area contributed by atoms with E-state index in [1.807, 2.05) is 0 Å². The first kappa shape index (κ1) is 14.8. The van der Waals surface area contributed by atoms with Gasteiger partial charge in [0, 0.05) is 19.2 Å². The summed E-state index contributed by atoms with van der Waals surface area (Å²) in [5, 5.41) is 8.98. The number of hydrogen-bond donors (Lipinski definition) is 1. The normalized spacial score (nSPS) is 11.9. The van der Waals surface area contributed by atoms with Gasteiger partial charge in [-0.15, -0.1) is 11.3 Å². The number of aryl methyl sites for hydroxylation is 1. The zero-order valence-corrected chi connectivity index (χ0v) is 12.5. The van der Waals surface area contributed by atoms with E-state index in [2.05, 4.69) is 0 Å². The average Bonchev–Trinajstić information content (AvgIpc) is 2.98. The van der Waals surface area contributed by atoms with Crippen LogP contribution in [-0.4, -0.2) is 30.8 Å². The van der Waals surface area contributed by atoms with Gasteiger partial charge in [-0.05, 0) is 24.6 Å². The molecular weight excluding hydrogens is 302 g/mol. The fraction of sp³-hybridized carbons (Fsp3) is 0.250. The molecule has 1 N–H and O–H groups in total. The maximum absolute atomic E-state index is 12.4. The predicted octanol–water partition coefficient (Wildman–Crippen LogP) is 2.17. The van der Waals surface area contributed by atoms with E-state index in [1.165, 1.54) is 25.6 Å². The number of thiophene rings is 1. The number of carboxylic acid groups (broad SMARTS) is 1. The Morgan fingerprint density at radius 2 is 2.20 bits per heavy atom. The van der Waals surface area contributed by atoms with Crippen molar-refractivity contribution in [1.82, 2.24) is 4.31 Å². The molecule has 8 heteroatoms. The third-order valence-corrected chi connectivity index (χ3v) is 6.22. The SMILES string of the molecule is Cc1cc(S(=O)(=O)N(C)Cc2ccoc2)sc1C(=O)O. The van der Waals surface area contributed by atoms with Gasteiger partial charge in [-0.3, -0.25) is 0 Å². The Balaban J connectivity index is 2.30. The summed E-state index contributed by atoms with van der Waals surface area (Å²) in [6, 6.07) is 3.06. The van der Waals surface area contributed by atoms with Crippen molar-refractivity contribution in [1.29, 1.82) is 0 Å². The number of aromatic carboxylic acids is 1. The highest BCUT2D eigenvalue weighted by Crippen LogP contribution is 2.28. The Morgan fingerprint density at radius 1 is 1.50 bits per heavy atom. The third-order valence-electron chi connectivity index (χ3n) is 2.74. The van der Waals surface area contributed by atoms with Gasteiger partial charge in [0.2, 0.25) is 0 Å². The van der Waals surface area contributed by atoms with Crippen molar-refractivity contribution < 1.29 is 22.7 Å². The maximum atomic E-state index is 12.4. The minimum absolute atomic E-state index is 0.0263. The number of hydrogen-bond acceptors (Lipinski definition) is 5. The fourth-order valence-corrected chi connectivity index (χ4v) is 4.42. The molecule has 2 aromatic heterocycles. The summed E-state index contributed by atoms with van der Waals surface area (Å²) >= 11 is 0.763. The van der Waals surface area contributed by atoms with Crippen LogP contribution in [-0.2, 0) is 16.6 Å². The minimum Gasteiger partial charge on any atom is -0.477 e. The van der Waals surface area contributed by atoms with E-state index in [-0.39, 0.29) is 15.6 Å². The zero-order chi connectivity index (χ0) is 14.9. The highest BCUT2D eigenvalue weighted by molar-refractivity contribution is 7.91. The first-order valence-corrected chi connectivity index (χ1v) is 7.89. The van der Waals surface area contributed by atoms with Crippen molar-refractivity contribution in [3.05, 3.63) is 40.7 Å². The first-order chi connectivity index (χ1) is 9.32. The van der Waals surface area contributed by atoms with Crippen LogP contribution in [0.25, 0.3) is 0 Å². The van der Waals surface area contributed by atoms with Crippen molar-refractivity contribution >= 4 is 27.3 Å². The third kappa shape index (κ3) is 2.77. The molecule has 0 radical (unpaired) electrons. The van der Waals surface area contributed by atoms with Crippen molar-refractivity contribution in [3.63, 3.8) is 0 Å². The Bertz CT molecular complexity index is 715. The molecule has 0 bridgehead atoms. The van der Waals surface area contributed by atoms with E-state index in [0.29, 0.717) is 5.56 Å². The van der Waals surface area contributed by atoms with Gasteiger partial charge < -0.3 is 9.52 Å². The lowest BCUT2D eigenvalue weighted by Crippen LogP contribution is -2.25. The summed E-state index contributed by atoms with van der Waals surface area (Å²) in [5.41, 5.74) is 1.17. The molecule has 6 nitrogen and oxygen atoms in total. The largest absolute Gasteiger partial charge is 0.477 e. The van der Waals surface area contributed by atoms with Crippen LogP contribution in [0.1, 0.15) is 20.8 Å². The molecule has 0 aliphatic carbocycles. The Morgan fingerprint density at radius 3 is 2.70 bits per heavy atom. The molecule has 0 saturated heterocycles. The van der Waals surface area contributed by atoms with Crippen LogP contribution < -0.4 is 0 Å². The van der Waals surface area contributed by atoms with Crippen molar-refractivity contribution in [2.24, 2.45) is 0 Å². The fourth-order valence-electron chi connectivity index (χ4n) is 1.67. The molecule has 0 aliphatic rings. The second kappa shape index (κ2) is 5.39. The standard InChI is InChI=1S/C12H13NO5S2/c1-8-5-10(19-11(8)12(14)15)20(16,17)13(2)6-9-3-4-18-7-9/h3-5,7H,6H2,1-2H3,(H,14,15). The molecule has 2 rings (SSSR count). The minimum atomic E-state index is -3.70. The summed E-state index contributed by atoms with van der Waals surface area (Å²) in [4.78, 5) is 11.0.